The second kappa shape index (κ2) is 4.74. The summed E-state index contributed by atoms with van der Waals surface area (Å²) < 4.78 is 5.71. The highest BCUT2D eigenvalue weighted by atomic mass is 32.2. The predicted octanol–water partition coefficient (Wildman–Crippen LogP) is 2.69. The highest BCUT2D eigenvalue weighted by Crippen LogP contribution is 2.32. The second-order valence-corrected chi connectivity index (χ2v) is 5.22. The van der Waals surface area contributed by atoms with Gasteiger partial charge >= 0.3 is 0 Å². The number of rotatable bonds is 3. The molecular formula is C13H10N6OS. The van der Waals surface area contributed by atoms with Crippen LogP contribution in [0.15, 0.2) is 45.1 Å². The summed E-state index contributed by atoms with van der Waals surface area (Å²) in [5, 5.41) is 11.9. The van der Waals surface area contributed by atoms with E-state index in [9.17, 15) is 0 Å². The molecule has 0 radical (unpaired) electrons. The van der Waals surface area contributed by atoms with E-state index in [1.165, 1.54) is 11.8 Å². The third-order valence-electron chi connectivity index (χ3n) is 2.96. The molecule has 3 aromatic heterocycles. The van der Waals surface area contributed by atoms with Crippen molar-refractivity contribution in [1.29, 1.82) is 0 Å². The molecular weight excluding hydrogens is 288 g/mol. The Hall–Kier alpha value is -2.61. The van der Waals surface area contributed by atoms with Gasteiger partial charge in [0.05, 0.1) is 11.6 Å². The van der Waals surface area contributed by atoms with Crippen LogP contribution in [0.5, 0.6) is 0 Å². The Morgan fingerprint density at radius 1 is 1.19 bits per heavy atom. The van der Waals surface area contributed by atoms with Gasteiger partial charge in [0, 0.05) is 7.05 Å². The maximum Gasteiger partial charge on any atom is 0.263 e. The largest absolute Gasteiger partial charge is 0.431 e. The van der Waals surface area contributed by atoms with Crippen molar-refractivity contribution in [2.45, 2.75) is 10.2 Å². The Morgan fingerprint density at radius 3 is 2.95 bits per heavy atom. The Morgan fingerprint density at radius 2 is 2.10 bits per heavy atom. The Balaban J connectivity index is 1.80. The molecule has 2 N–H and O–H groups in total. The van der Waals surface area contributed by atoms with Crippen molar-refractivity contribution in [2.75, 3.05) is 12.4 Å². The van der Waals surface area contributed by atoms with Crippen molar-refractivity contribution in [3.63, 3.8) is 0 Å². The number of oxazole rings is 1. The van der Waals surface area contributed by atoms with E-state index in [-0.39, 0.29) is 0 Å². The molecule has 0 bridgehead atoms. The summed E-state index contributed by atoms with van der Waals surface area (Å²) in [6.07, 6.45) is 1.69. The number of hydrogen-bond donors (Lipinski definition) is 2. The van der Waals surface area contributed by atoms with Gasteiger partial charge in [0.2, 0.25) is 5.95 Å². The number of nitrogens with zero attached hydrogens (tertiary/aromatic N) is 4. The first-order valence-electron chi connectivity index (χ1n) is 6.26. The zero-order valence-corrected chi connectivity index (χ0v) is 11.8. The second-order valence-electron chi connectivity index (χ2n) is 4.28. The lowest BCUT2D eigenvalue weighted by Crippen LogP contribution is -1.97. The van der Waals surface area contributed by atoms with Crippen LogP contribution in [0, 0.1) is 0 Å². The van der Waals surface area contributed by atoms with Crippen molar-refractivity contribution in [3.05, 3.63) is 30.5 Å². The molecule has 0 aliphatic carbocycles. The van der Waals surface area contributed by atoms with Crippen molar-refractivity contribution >= 4 is 39.8 Å². The summed E-state index contributed by atoms with van der Waals surface area (Å²) >= 11 is 1.35. The van der Waals surface area contributed by atoms with Crippen LogP contribution < -0.4 is 5.32 Å². The molecule has 0 saturated carbocycles. The monoisotopic (exact) mass is 298 g/mol. The lowest BCUT2D eigenvalue weighted by molar-refractivity contribution is 0.489. The van der Waals surface area contributed by atoms with Crippen LogP contribution >= 0.6 is 11.8 Å². The normalized spacial score (nSPS) is 11.3. The van der Waals surface area contributed by atoms with Crippen LogP contribution in [0.1, 0.15) is 0 Å². The van der Waals surface area contributed by atoms with Crippen molar-refractivity contribution in [3.8, 4) is 0 Å². The smallest absolute Gasteiger partial charge is 0.263 e. The highest BCUT2D eigenvalue weighted by Gasteiger charge is 2.14. The fourth-order valence-corrected chi connectivity index (χ4v) is 2.81. The van der Waals surface area contributed by atoms with Crippen LogP contribution in [0.25, 0.3) is 22.1 Å². The van der Waals surface area contributed by atoms with Gasteiger partial charge in [-0.15, -0.1) is 0 Å². The summed E-state index contributed by atoms with van der Waals surface area (Å²) in [4.78, 5) is 13.2. The molecule has 0 unspecified atom stereocenters. The third kappa shape index (κ3) is 2.09. The van der Waals surface area contributed by atoms with E-state index in [0.29, 0.717) is 16.8 Å². The summed E-state index contributed by atoms with van der Waals surface area (Å²) in [5.41, 5.74) is 2.26. The van der Waals surface area contributed by atoms with Gasteiger partial charge in [-0.25, -0.2) is 9.97 Å². The highest BCUT2D eigenvalue weighted by molar-refractivity contribution is 7.99. The SMILES string of the molecule is CNc1nc(Sc2nc3ccccc3o2)c2cn[nH]c2n1. The van der Waals surface area contributed by atoms with Gasteiger partial charge in [-0.3, -0.25) is 5.10 Å². The first kappa shape index (κ1) is 12.2. The molecule has 104 valence electrons. The molecule has 21 heavy (non-hydrogen) atoms. The fourth-order valence-electron chi connectivity index (χ4n) is 1.98. The molecule has 0 amide bonds. The maximum absolute atomic E-state index is 5.71. The topological polar surface area (TPSA) is 92.5 Å². The molecule has 4 rings (SSSR count). The zero-order valence-electron chi connectivity index (χ0n) is 11.0. The number of benzene rings is 1. The molecule has 0 saturated heterocycles. The number of hydrogen-bond acceptors (Lipinski definition) is 7. The van der Waals surface area contributed by atoms with Gasteiger partial charge in [-0.1, -0.05) is 12.1 Å². The van der Waals surface area contributed by atoms with Gasteiger partial charge < -0.3 is 9.73 Å². The molecule has 0 atom stereocenters. The predicted molar refractivity (Wildman–Crippen MR) is 79.4 cm³/mol. The first-order chi connectivity index (χ1) is 10.3. The Bertz CT molecular complexity index is 898. The average molecular weight is 298 g/mol. The van der Waals surface area contributed by atoms with Crippen LogP contribution in [0.3, 0.4) is 0 Å². The van der Waals surface area contributed by atoms with Gasteiger partial charge in [0.15, 0.2) is 11.2 Å². The average Bonchev–Trinajstić information content (AvgIpc) is 3.12. The molecule has 0 aliphatic heterocycles. The Labute approximate surface area is 123 Å². The van der Waals surface area contributed by atoms with Crippen molar-refractivity contribution < 1.29 is 4.42 Å². The molecule has 0 aliphatic rings. The minimum atomic E-state index is 0.519. The molecule has 7 nitrogen and oxygen atoms in total. The van der Waals surface area contributed by atoms with Crippen LogP contribution in [0.2, 0.25) is 0 Å². The van der Waals surface area contributed by atoms with E-state index < -0.39 is 0 Å². The van der Waals surface area contributed by atoms with Crippen LogP contribution in [-0.2, 0) is 0 Å². The minimum Gasteiger partial charge on any atom is -0.431 e. The lowest BCUT2D eigenvalue weighted by Gasteiger charge is -2.02. The summed E-state index contributed by atoms with van der Waals surface area (Å²) in [6, 6.07) is 7.64. The number of para-hydroxylation sites is 2. The van der Waals surface area contributed by atoms with Gasteiger partial charge in [0.1, 0.15) is 10.5 Å². The van der Waals surface area contributed by atoms with Crippen molar-refractivity contribution in [1.82, 2.24) is 25.1 Å². The van der Waals surface area contributed by atoms with E-state index in [4.69, 9.17) is 4.42 Å². The van der Waals surface area contributed by atoms with E-state index >= 15 is 0 Å². The van der Waals surface area contributed by atoms with E-state index in [1.54, 1.807) is 13.2 Å². The number of aromatic amines is 1. The lowest BCUT2D eigenvalue weighted by atomic mass is 10.3. The molecule has 1 aromatic carbocycles. The number of nitrogens with one attached hydrogen (secondary N) is 2. The van der Waals surface area contributed by atoms with Gasteiger partial charge in [0.25, 0.3) is 5.22 Å². The molecule has 4 aromatic rings. The number of aromatic nitrogens is 5. The molecule has 8 heteroatoms. The number of anilines is 1. The minimum absolute atomic E-state index is 0.519. The number of fused-ring (bicyclic) bond motifs is 2. The maximum atomic E-state index is 5.71. The Kier molecular flexibility index (Phi) is 2.74. The standard InChI is InChI=1S/C13H10N6OS/c1-14-12-17-10-7(6-15-19-10)11(18-12)21-13-16-8-4-2-3-5-9(8)20-13/h2-6H,1H3,(H2,14,15,17,18,19). The van der Waals surface area contributed by atoms with Crippen LogP contribution in [-0.4, -0.2) is 32.2 Å². The molecule has 3 heterocycles. The van der Waals surface area contributed by atoms with E-state index in [2.05, 4.69) is 30.5 Å². The molecule has 0 spiro atoms. The summed E-state index contributed by atoms with van der Waals surface area (Å²) in [5.74, 6) is 0.519. The van der Waals surface area contributed by atoms with E-state index in [0.717, 1.165) is 21.5 Å². The summed E-state index contributed by atoms with van der Waals surface area (Å²) in [6.45, 7) is 0. The zero-order chi connectivity index (χ0) is 14.2. The quantitative estimate of drug-likeness (QED) is 0.562. The third-order valence-corrected chi connectivity index (χ3v) is 3.81. The van der Waals surface area contributed by atoms with Crippen molar-refractivity contribution in [2.24, 2.45) is 0 Å². The van der Waals surface area contributed by atoms with Crippen LogP contribution in [0.4, 0.5) is 5.95 Å². The fraction of sp³-hybridized carbons (Fsp3) is 0.0769. The van der Waals surface area contributed by atoms with Gasteiger partial charge in [-0.2, -0.15) is 10.1 Å². The van der Waals surface area contributed by atoms with Gasteiger partial charge in [-0.05, 0) is 23.9 Å². The van der Waals surface area contributed by atoms with E-state index in [1.807, 2.05) is 24.3 Å². The number of H-pyrrole nitrogens is 1. The summed E-state index contributed by atoms with van der Waals surface area (Å²) in [7, 11) is 1.77. The first-order valence-corrected chi connectivity index (χ1v) is 7.07. The molecule has 0 fully saturated rings.